The molecule has 1 unspecified atom stereocenters. The number of hydrogen-bond acceptors (Lipinski definition) is 8. The zero-order chi connectivity index (χ0) is 20.3. The van der Waals surface area contributed by atoms with Crippen LogP contribution in [0.4, 0.5) is 35.3 Å². The summed E-state index contributed by atoms with van der Waals surface area (Å²) in [7, 11) is 0. The van der Waals surface area contributed by atoms with Crippen molar-refractivity contribution in [2.45, 2.75) is 25.7 Å². The van der Waals surface area contributed by atoms with E-state index >= 15 is 0 Å². The number of imidazole rings is 1. The van der Waals surface area contributed by atoms with Crippen LogP contribution in [0.15, 0.2) is 24.9 Å². The van der Waals surface area contributed by atoms with Crippen LogP contribution in [-0.4, -0.2) is 40.6 Å². The van der Waals surface area contributed by atoms with Crippen molar-refractivity contribution >= 4 is 29.3 Å². The summed E-state index contributed by atoms with van der Waals surface area (Å²) in [4.78, 5) is 23.3. The number of halogens is 5. The maximum absolute atomic E-state index is 12.9. The van der Waals surface area contributed by atoms with Gasteiger partial charge in [-0.15, -0.1) is 0 Å². The molecular weight excluding hydrogens is 406 g/mol. The number of nitrogens with zero attached hydrogens (tertiary/aromatic N) is 7. The van der Waals surface area contributed by atoms with Crippen LogP contribution in [0.3, 0.4) is 0 Å². The molecule has 3 aromatic heterocycles. The Morgan fingerprint density at radius 1 is 1.11 bits per heavy atom. The first-order chi connectivity index (χ1) is 13.2. The van der Waals surface area contributed by atoms with E-state index in [1.54, 1.807) is 6.92 Å². The minimum absolute atomic E-state index is 0.0352. The van der Waals surface area contributed by atoms with Gasteiger partial charge in [0.2, 0.25) is 17.2 Å². The van der Waals surface area contributed by atoms with Gasteiger partial charge in [-0.3, -0.25) is 0 Å². The molecule has 0 bridgehead atoms. The maximum Gasteiger partial charge on any atom is 0.406 e. The van der Waals surface area contributed by atoms with Gasteiger partial charge in [0.25, 0.3) is 0 Å². The standard InChI is InChI=1S/C14H12ClF4N9/c1-7(10-20-2-8(16)3-21-10)23-12-25-11(15)26-13(27-12)24-9-4-28(6-22-9)5-14(17,18)19/h2-4,6-7H,5H2,1H3,(H2,23,24,25,26,27). The number of aromatic nitrogens is 7. The van der Waals surface area contributed by atoms with Crippen molar-refractivity contribution < 1.29 is 17.6 Å². The molecule has 3 rings (SSSR count). The van der Waals surface area contributed by atoms with E-state index < -0.39 is 24.6 Å². The molecule has 0 aliphatic rings. The minimum atomic E-state index is -4.37. The van der Waals surface area contributed by atoms with Crippen LogP contribution in [0.25, 0.3) is 0 Å². The molecule has 0 aromatic carbocycles. The summed E-state index contributed by atoms with van der Waals surface area (Å²) in [6, 6.07) is -0.488. The zero-order valence-corrected chi connectivity index (χ0v) is 14.9. The second-order valence-corrected chi connectivity index (χ2v) is 5.89. The zero-order valence-electron chi connectivity index (χ0n) is 14.1. The second-order valence-electron chi connectivity index (χ2n) is 5.55. The summed E-state index contributed by atoms with van der Waals surface area (Å²) in [6.45, 7) is 0.512. The highest BCUT2D eigenvalue weighted by Gasteiger charge is 2.27. The molecule has 3 heterocycles. The molecule has 14 heteroatoms. The highest BCUT2D eigenvalue weighted by molar-refractivity contribution is 6.28. The van der Waals surface area contributed by atoms with Crippen LogP contribution in [0.1, 0.15) is 18.8 Å². The third-order valence-corrected chi connectivity index (χ3v) is 3.39. The van der Waals surface area contributed by atoms with Crippen LogP contribution in [0.5, 0.6) is 0 Å². The van der Waals surface area contributed by atoms with E-state index in [2.05, 4.69) is 40.5 Å². The molecule has 0 saturated heterocycles. The lowest BCUT2D eigenvalue weighted by atomic mass is 10.3. The van der Waals surface area contributed by atoms with Crippen LogP contribution < -0.4 is 10.6 Å². The van der Waals surface area contributed by atoms with Crippen LogP contribution in [0, 0.1) is 5.82 Å². The smallest absolute Gasteiger partial charge is 0.344 e. The monoisotopic (exact) mass is 417 g/mol. The quantitative estimate of drug-likeness (QED) is 0.589. The summed E-state index contributed by atoms with van der Waals surface area (Å²) in [5.41, 5.74) is 0. The van der Waals surface area contributed by atoms with Crippen molar-refractivity contribution in [1.82, 2.24) is 34.5 Å². The van der Waals surface area contributed by atoms with Gasteiger partial charge in [-0.05, 0) is 18.5 Å². The predicted octanol–water partition coefficient (Wildman–Crippen LogP) is 3.13. The van der Waals surface area contributed by atoms with E-state index in [0.717, 1.165) is 29.5 Å². The van der Waals surface area contributed by atoms with Gasteiger partial charge in [-0.2, -0.15) is 28.1 Å². The Kier molecular flexibility index (Phi) is 5.53. The Hall–Kier alpha value is -3.09. The molecule has 1 atom stereocenters. The molecule has 0 amide bonds. The number of rotatable bonds is 6. The van der Waals surface area contributed by atoms with Gasteiger partial charge in [0, 0.05) is 6.20 Å². The molecule has 0 aliphatic heterocycles. The molecule has 0 saturated carbocycles. The largest absolute Gasteiger partial charge is 0.406 e. The van der Waals surface area contributed by atoms with E-state index in [-0.39, 0.29) is 23.0 Å². The van der Waals surface area contributed by atoms with Gasteiger partial charge < -0.3 is 15.2 Å². The fourth-order valence-electron chi connectivity index (χ4n) is 2.11. The molecule has 3 aromatic rings. The summed E-state index contributed by atoms with van der Waals surface area (Å²) in [5.74, 6) is -0.175. The van der Waals surface area contributed by atoms with E-state index in [4.69, 9.17) is 11.6 Å². The van der Waals surface area contributed by atoms with Crippen molar-refractivity contribution in [2.75, 3.05) is 10.6 Å². The molecular formula is C14H12ClF4N9. The number of nitrogens with one attached hydrogen (secondary N) is 2. The van der Waals surface area contributed by atoms with Crippen LogP contribution >= 0.6 is 11.6 Å². The SMILES string of the molecule is CC(Nc1nc(Cl)nc(Nc2cn(CC(F)(F)F)cn2)n1)c1ncc(F)cn1. The fourth-order valence-corrected chi connectivity index (χ4v) is 2.27. The summed E-state index contributed by atoms with van der Waals surface area (Å²) >= 11 is 5.86. The number of alkyl halides is 3. The first-order valence-corrected chi connectivity index (χ1v) is 8.07. The predicted molar refractivity (Wildman–Crippen MR) is 90.4 cm³/mol. The lowest BCUT2D eigenvalue weighted by molar-refractivity contribution is -0.140. The summed E-state index contributed by atoms with van der Waals surface area (Å²) in [6.07, 6.45) is -0.167. The van der Waals surface area contributed by atoms with Crippen molar-refractivity contribution in [1.29, 1.82) is 0 Å². The van der Waals surface area contributed by atoms with Crippen LogP contribution in [0.2, 0.25) is 5.28 Å². The van der Waals surface area contributed by atoms with Crippen molar-refractivity contribution in [3.05, 3.63) is 41.8 Å². The Labute approximate surface area is 160 Å². The first-order valence-electron chi connectivity index (χ1n) is 7.69. The highest BCUT2D eigenvalue weighted by Crippen LogP contribution is 2.20. The van der Waals surface area contributed by atoms with Gasteiger partial charge in [-0.25, -0.2) is 19.3 Å². The normalized spacial score (nSPS) is 12.6. The average molecular weight is 418 g/mol. The van der Waals surface area contributed by atoms with Gasteiger partial charge in [0.1, 0.15) is 12.4 Å². The minimum Gasteiger partial charge on any atom is -0.344 e. The molecule has 28 heavy (non-hydrogen) atoms. The second kappa shape index (κ2) is 7.88. The molecule has 0 aliphatic carbocycles. The van der Waals surface area contributed by atoms with Crippen molar-refractivity contribution in [3.63, 3.8) is 0 Å². The van der Waals surface area contributed by atoms with Gasteiger partial charge in [0.15, 0.2) is 11.6 Å². The summed E-state index contributed by atoms with van der Waals surface area (Å²) in [5, 5.41) is 5.35. The summed E-state index contributed by atoms with van der Waals surface area (Å²) < 4.78 is 51.0. The van der Waals surface area contributed by atoms with Crippen molar-refractivity contribution in [3.8, 4) is 0 Å². The Morgan fingerprint density at radius 2 is 1.79 bits per heavy atom. The van der Waals surface area contributed by atoms with E-state index in [9.17, 15) is 17.6 Å². The molecule has 9 nitrogen and oxygen atoms in total. The molecule has 0 fully saturated rings. The van der Waals surface area contributed by atoms with Gasteiger partial charge >= 0.3 is 6.18 Å². The molecule has 148 valence electrons. The van der Waals surface area contributed by atoms with E-state index in [1.165, 1.54) is 0 Å². The van der Waals surface area contributed by atoms with Crippen molar-refractivity contribution in [2.24, 2.45) is 0 Å². The first kappa shape index (κ1) is 19.7. The number of hydrogen-bond donors (Lipinski definition) is 2. The molecule has 0 radical (unpaired) electrons. The van der Waals surface area contributed by atoms with Crippen LogP contribution in [-0.2, 0) is 6.54 Å². The topological polar surface area (TPSA) is 106 Å². The third kappa shape index (κ3) is 5.45. The van der Waals surface area contributed by atoms with E-state index in [0.29, 0.717) is 5.82 Å². The fraction of sp³-hybridized carbons (Fsp3) is 0.286. The van der Waals surface area contributed by atoms with Gasteiger partial charge in [0.05, 0.1) is 24.8 Å². The molecule has 0 spiro atoms. The average Bonchev–Trinajstić information content (AvgIpc) is 2.99. The Balaban J connectivity index is 1.72. The maximum atomic E-state index is 12.9. The third-order valence-electron chi connectivity index (χ3n) is 3.22. The van der Waals surface area contributed by atoms with E-state index in [1.807, 2.05) is 0 Å². The highest BCUT2D eigenvalue weighted by atomic mass is 35.5. The van der Waals surface area contributed by atoms with Gasteiger partial charge in [-0.1, -0.05) is 0 Å². The lowest BCUT2D eigenvalue weighted by Gasteiger charge is -2.13. The Bertz CT molecular complexity index is 945. The molecule has 2 N–H and O–H groups in total. The lowest BCUT2D eigenvalue weighted by Crippen LogP contribution is -2.16. The Morgan fingerprint density at radius 3 is 2.46 bits per heavy atom. The number of anilines is 3.